The molecule has 1 fully saturated rings. The van der Waals surface area contributed by atoms with E-state index in [0.29, 0.717) is 5.78 Å². The Morgan fingerprint density at radius 2 is 1.00 bits per heavy atom. The van der Waals surface area contributed by atoms with E-state index in [1.807, 2.05) is 60.7 Å². The molecule has 0 radical (unpaired) electrons. The topological polar surface area (TPSA) is 17.1 Å². The third-order valence-electron chi connectivity index (χ3n) is 4.55. The smallest absolute Gasteiger partial charge is 0.156 e. The zero-order valence-electron chi connectivity index (χ0n) is 10.7. The van der Waals surface area contributed by atoms with E-state index in [2.05, 4.69) is 13.8 Å². The van der Waals surface area contributed by atoms with Gasteiger partial charge < -0.3 is 0 Å². The van der Waals surface area contributed by atoms with E-state index in [1.165, 1.54) is 0 Å². The van der Waals surface area contributed by atoms with Gasteiger partial charge in [-0.25, -0.2) is 0 Å². The van der Waals surface area contributed by atoms with E-state index < -0.39 is 0 Å². The molecule has 1 saturated carbocycles. The highest BCUT2D eigenvalue weighted by molar-refractivity contribution is 6.17. The van der Waals surface area contributed by atoms with Crippen LogP contribution in [-0.2, 0) is 15.6 Å². The Kier molecular flexibility index (Phi) is 2.21. The normalized spacial score (nSPS) is 30.2. The van der Waals surface area contributed by atoms with E-state index in [1.54, 1.807) is 0 Å². The number of benzene rings is 2. The fourth-order valence-corrected chi connectivity index (χ4v) is 3.03. The molecule has 2 atom stereocenters. The first-order valence-corrected chi connectivity index (χ1v) is 6.28. The second-order valence-corrected chi connectivity index (χ2v) is 5.31. The molecule has 1 nitrogen and oxygen atoms in total. The summed E-state index contributed by atoms with van der Waals surface area (Å²) in [6.07, 6.45) is 0. The number of ketones is 1. The molecule has 0 spiro atoms. The Labute approximate surface area is 107 Å². The molecule has 0 N–H and O–H groups in total. The molecule has 0 aromatic heterocycles. The van der Waals surface area contributed by atoms with E-state index in [4.69, 9.17) is 0 Å². The molecule has 2 unspecified atom stereocenters. The first-order chi connectivity index (χ1) is 8.62. The number of rotatable bonds is 2. The van der Waals surface area contributed by atoms with Crippen molar-refractivity contribution >= 4 is 5.78 Å². The van der Waals surface area contributed by atoms with Gasteiger partial charge in [-0.2, -0.15) is 0 Å². The van der Waals surface area contributed by atoms with Gasteiger partial charge in [0.15, 0.2) is 5.78 Å². The fourth-order valence-electron chi connectivity index (χ4n) is 3.03. The number of carbonyl (C=O) groups is 1. The van der Waals surface area contributed by atoms with Crippen molar-refractivity contribution in [1.29, 1.82) is 0 Å². The number of hydrogen-bond acceptors (Lipinski definition) is 1. The summed E-state index contributed by atoms with van der Waals surface area (Å²) in [7, 11) is 0. The minimum atomic E-state index is -0.379. The van der Waals surface area contributed by atoms with Gasteiger partial charge in [-0.05, 0) is 25.0 Å². The van der Waals surface area contributed by atoms with Crippen LogP contribution in [0, 0.1) is 0 Å². The molecule has 0 bridgehead atoms. The molecular weight excluding hydrogens is 220 g/mol. The summed E-state index contributed by atoms with van der Waals surface area (Å²) in [6, 6.07) is 20.2. The number of hydrogen-bond donors (Lipinski definition) is 0. The third kappa shape index (κ3) is 1.19. The van der Waals surface area contributed by atoms with Crippen molar-refractivity contribution < 1.29 is 4.79 Å². The van der Waals surface area contributed by atoms with Gasteiger partial charge in [0.1, 0.15) is 0 Å². The van der Waals surface area contributed by atoms with Crippen LogP contribution in [-0.4, -0.2) is 5.78 Å². The van der Waals surface area contributed by atoms with Gasteiger partial charge in [-0.3, -0.25) is 4.79 Å². The Morgan fingerprint density at radius 3 is 1.33 bits per heavy atom. The van der Waals surface area contributed by atoms with E-state index in [9.17, 15) is 4.79 Å². The second kappa shape index (κ2) is 3.55. The second-order valence-electron chi connectivity index (χ2n) is 5.31. The largest absolute Gasteiger partial charge is 0.298 e. The minimum absolute atomic E-state index is 0.312. The maximum Gasteiger partial charge on any atom is 0.156 e. The van der Waals surface area contributed by atoms with Crippen LogP contribution in [0.15, 0.2) is 60.7 Å². The molecule has 3 rings (SSSR count). The lowest BCUT2D eigenvalue weighted by atomic mass is 9.84. The maximum atomic E-state index is 12.5. The monoisotopic (exact) mass is 236 g/mol. The van der Waals surface area contributed by atoms with Gasteiger partial charge >= 0.3 is 0 Å². The zero-order valence-corrected chi connectivity index (χ0v) is 10.7. The molecule has 2 aromatic carbocycles. The van der Waals surface area contributed by atoms with Crippen molar-refractivity contribution in [3.63, 3.8) is 0 Å². The minimum Gasteiger partial charge on any atom is -0.298 e. The molecule has 0 saturated heterocycles. The van der Waals surface area contributed by atoms with Gasteiger partial charge in [0.05, 0.1) is 10.8 Å². The molecular formula is C17H16O. The molecule has 0 heterocycles. The van der Waals surface area contributed by atoms with Gasteiger partial charge in [-0.1, -0.05) is 60.7 Å². The first-order valence-electron chi connectivity index (χ1n) is 6.28. The van der Waals surface area contributed by atoms with Crippen molar-refractivity contribution in [2.45, 2.75) is 24.7 Å². The van der Waals surface area contributed by atoms with Gasteiger partial charge in [0.25, 0.3) is 0 Å². The molecule has 1 aliphatic rings. The van der Waals surface area contributed by atoms with Crippen LogP contribution in [0.5, 0.6) is 0 Å². The Hall–Kier alpha value is -1.89. The molecule has 18 heavy (non-hydrogen) atoms. The first kappa shape index (κ1) is 11.2. The third-order valence-corrected chi connectivity index (χ3v) is 4.55. The van der Waals surface area contributed by atoms with Crippen molar-refractivity contribution in [3.8, 4) is 0 Å². The van der Waals surface area contributed by atoms with Crippen LogP contribution in [0.1, 0.15) is 25.0 Å². The van der Waals surface area contributed by atoms with Crippen LogP contribution in [0.3, 0.4) is 0 Å². The summed E-state index contributed by atoms with van der Waals surface area (Å²) in [4.78, 5) is 12.5. The average molecular weight is 236 g/mol. The standard InChI is InChI=1S/C17H16O/c1-16(13-9-5-3-6-10-13)15(18)17(16,2)14-11-7-4-8-12-14/h3-12H,1-2H3. The lowest BCUT2D eigenvalue weighted by Gasteiger charge is -2.16. The van der Waals surface area contributed by atoms with E-state index >= 15 is 0 Å². The summed E-state index contributed by atoms with van der Waals surface area (Å²) in [6.45, 7) is 4.11. The molecule has 90 valence electrons. The maximum absolute atomic E-state index is 12.5. The molecule has 2 aromatic rings. The molecule has 1 heteroatoms. The van der Waals surface area contributed by atoms with Crippen molar-refractivity contribution in [2.24, 2.45) is 0 Å². The van der Waals surface area contributed by atoms with E-state index in [0.717, 1.165) is 11.1 Å². The highest BCUT2D eigenvalue weighted by atomic mass is 16.1. The predicted octanol–water partition coefficient (Wildman–Crippen LogP) is 3.48. The number of Topliss-reactive ketones (excluding diaryl/α,β-unsaturated/α-hetero) is 1. The highest BCUT2D eigenvalue weighted by Crippen LogP contribution is 2.61. The Bertz CT molecular complexity index is 534. The SMILES string of the molecule is CC1(c2ccccc2)C(=O)C1(C)c1ccccc1. The van der Waals surface area contributed by atoms with Crippen LogP contribution in [0.25, 0.3) is 0 Å². The van der Waals surface area contributed by atoms with Gasteiger partial charge in [-0.15, -0.1) is 0 Å². The van der Waals surface area contributed by atoms with Crippen molar-refractivity contribution in [2.75, 3.05) is 0 Å². The van der Waals surface area contributed by atoms with Crippen LogP contribution in [0.2, 0.25) is 0 Å². The van der Waals surface area contributed by atoms with Gasteiger partial charge in [0, 0.05) is 0 Å². The summed E-state index contributed by atoms with van der Waals surface area (Å²) in [5, 5.41) is 0. The lowest BCUT2D eigenvalue weighted by molar-refractivity contribution is -0.112. The summed E-state index contributed by atoms with van der Waals surface area (Å²) >= 11 is 0. The highest BCUT2D eigenvalue weighted by Gasteiger charge is 2.72. The van der Waals surface area contributed by atoms with Crippen LogP contribution in [0.4, 0.5) is 0 Å². The zero-order chi connectivity index (χ0) is 12.8. The Balaban J connectivity index is 2.10. The fraction of sp³-hybridized carbons (Fsp3) is 0.235. The molecule has 0 aliphatic heterocycles. The van der Waals surface area contributed by atoms with Gasteiger partial charge in [0.2, 0.25) is 0 Å². The summed E-state index contributed by atoms with van der Waals surface area (Å²) in [5.41, 5.74) is 1.47. The molecule has 0 amide bonds. The Morgan fingerprint density at radius 1 is 0.667 bits per heavy atom. The quantitative estimate of drug-likeness (QED) is 0.780. The lowest BCUT2D eigenvalue weighted by Crippen LogP contribution is -2.15. The summed E-state index contributed by atoms with van der Waals surface area (Å²) < 4.78 is 0. The average Bonchev–Trinajstić information content (AvgIpc) is 2.90. The van der Waals surface area contributed by atoms with Crippen molar-refractivity contribution in [1.82, 2.24) is 0 Å². The van der Waals surface area contributed by atoms with E-state index in [-0.39, 0.29) is 10.8 Å². The van der Waals surface area contributed by atoms with Crippen LogP contribution >= 0.6 is 0 Å². The van der Waals surface area contributed by atoms with Crippen LogP contribution < -0.4 is 0 Å². The molecule has 1 aliphatic carbocycles. The van der Waals surface area contributed by atoms with Crippen molar-refractivity contribution in [3.05, 3.63) is 71.8 Å². The number of carbonyl (C=O) groups excluding carboxylic acids is 1. The summed E-state index contributed by atoms with van der Waals surface area (Å²) in [5.74, 6) is 0.312. The predicted molar refractivity (Wildman–Crippen MR) is 72.6 cm³/mol.